The van der Waals surface area contributed by atoms with Crippen LogP contribution >= 0.6 is 0 Å². The van der Waals surface area contributed by atoms with Gasteiger partial charge in [0.1, 0.15) is 5.78 Å². The van der Waals surface area contributed by atoms with E-state index in [1.807, 2.05) is 18.2 Å². The summed E-state index contributed by atoms with van der Waals surface area (Å²) in [7, 11) is 0. The number of pyridine rings is 1. The highest BCUT2D eigenvalue weighted by Crippen LogP contribution is 2.31. The van der Waals surface area contributed by atoms with Gasteiger partial charge in [-0.25, -0.2) is 0 Å². The molecule has 0 bridgehead atoms. The second kappa shape index (κ2) is 4.89. The number of aromatic nitrogens is 1. The Balaban J connectivity index is 1.61. The van der Waals surface area contributed by atoms with Gasteiger partial charge in [-0.1, -0.05) is 24.3 Å². The fraction of sp³-hybridized carbons (Fsp3) is 0.375. The fourth-order valence-electron chi connectivity index (χ4n) is 2.30. The molecule has 1 heterocycles. The minimum Gasteiger partial charge on any atom is -0.299 e. The van der Waals surface area contributed by atoms with Crippen LogP contribution in [-0.4, -0.2) is 10.8 Å². The number of ketones is 1. The van der Waals surface area contributed by atoms with Gasteiger partial charge in [-0.3, -0.25) is 9.78 Å². The minimum atomic E-state index is 0.398. The van der Waals surface area contributed by atoms with Crippen molar-refractivity contribution in [3.05, 3.63) is 42.1 Å². The monoisotopic (exact) mass is 239 g/mol. The van der Waals surface area contributed by atoms with E-state index in [-0.39, 0.29) is 0 Å². The summed E-state index contributed by atoms with van der Waals surface area (Å²) in [4.78, 5) is 16.2. The quantitative estimate of drug-likeness (QED) is 0.798. The number of nitrogens with zero attached hydrogens (tertiary/aromatic N) is 1. The average Bonchev–Trinajstić information content (AvgIpc) is 3.23. The van der Waals surface area contributed by atoms with Gasteiger partial charge in [0.2, 0.25) is 0 Å². The van der Waals surface area contributed by atoms with E-state index in [0.29, 0.717) is 11.7 Å². The highest BCUT2D eigenvalue weighted by Gasteiger charge is 2.28. The molecule has 0 unspecified atom stereocenters. The molecule has 18 heavy (non-hydrogen) atoms. The van der Waals surface area contributed by atoms with Crippen molar-refractivity contribution in [3.8, 4) is 0 Å². The molecule has 0 radical (unpaired) electrons. The summed E-state index contributed by atoms with van der Waals surface area (Å²) in [5, 5.41) is 1.18. The van der Waals surface area contributed by atoms with Crippen molar-refractivity contribution in [2.75, 3.05) is 0 Å². The lowest BCUT2D eigenvalue weighted by Gasteiger charge is -2.02. The zero-order chi connectivity index (χ0) is 12.4. The molecule has 1 saturated carbocycles. The smallest absolute Gasteiger partial charge is 0.135 e. The third-order valence-corrected chi connectivity index (χ3v) is 3.54. The average molecular weight is 239 g/mol. The van der Waals surface area contributed by atoms with Crippen LogP contribution in [-0.2, 0) is 11.2 Å². The summed E-state index contributed by atoms with van der Waals surface area (Å²) in [6.45, 7) is 0. The Morgan fingerprint density at radius 2 is 2.00 bits per heavy atom. The molecule has 0 N–H and O–H groups in total. The Morgan fingerprint density at radius 1 is 1.17 bits per heavy atom. The highest BCUT2D eigenvalue weighted by molar-refractivity contribution is 5.83. The number of para-hydroxylation sites is 1. The molecule has 1 aromatic carbocycles. The molecule has 1 aliphatic rings. The highest BCUT2D eigenvalue weighted by atomic mass is 16.1. The largest absolute Gasteiger partial charge is 0.299 e. The molecule has 0 atom stereocenters. The third-order valence-electron chi connectivity index (χ3n) is 3.54. The van der Waals surface area contributed by atoms with Crippen LogP contribution in [0.4, 0.5) is 0 Å². The van der Waals surface area contributed by atoms with Crippen molar-refractivity contribution in [3.63, 3.8) is 0 Å². The molecule has 2 nitrogen and oxygen atoms in total. The molecule has 92 valence electrons. The normalized spacial score (nSPS) is 14.9. The van der Waals surface area contributed by atoms with E-state index in [4.69, 9.17) is 0 Å². The number of fused-ring (bicyclic) bond motifs is 1. The van der Waals surface area contributed by atoms with Crippen molar-refractivity contribution in [1.29, 1.82) is 0 Å². The molecular formula is C16H17NO. The van der Waals surface area contributed by atoms with Crippen LogP contribution in [0.15, 0.2) is 36.4 Å². The van der Waals surface area contributed by atoms with Gasteiger partial charge >= 0.3 is 0 Å². The summed E-state index contributed by atoms with van der Waals surface area (Å²) in [6.07, 6.45) is 4.79. The van der Waals surface area contributed by atoms with Gasteiger partial charge in [-0.05, 0) is 37.8 Å². The van der Waals surface area contributed by atoms with Gasteiger partial charge in [0.25, 0.3) is 0 Å². The predicted octanol–water partition coefficient (Wildman–Crippen LogP) is 3.54. The molecule has 0 spiro atoms. The van der Waals surface area contributed by atoms with Crippen LogP contribution < -0.4 is 0 Å². The molecule has 1 fully saturated rings. The number of Topliss-reactive ketones (excluding diaryl/α,β-unsaturated/α-hetero) is 1. The lowest BCUT2D eigenvalue weighted by Crippen LogP contribution is -2.01. The maximum Gasteiger partial charge on any atom is 0.135 e. The van der Waals surface area contributed by atoms with Crippen LogP contribution in [0.25, 0.3) is 10.9 Å². The van der Waals surface area contributed by atoms with E-state index in [1.165, 1.54) is 5.39 Å². The Bertz CT molecular complexity index is 572. The van der Waals surface area contributed by atoms with Gasteiger partial charge in [0, 0.05) is 23.4 Å². The Morgan fingerprint density at radius 3 is 2.83 bits per heavy atom. The molecule has 2 heteroatoms. The summed E-state index contributed by atoms with van der Waals surface area (Å²) < 4.78 is 0. The second-order valence-electron chi connectivity index (χ2n) is 5.09. The molecule has 2 aromatic rings. The number of carbonyl (C=O) groups is 1. The van der Waals surface area contributed by atoms with Crippen LogP contribution in [0, 0.1) is 5.92 Å². The molecule has 0 saturated heterocycles. The Labute approximate surface area is 107 Å². The first-order chi connectivity index (χ1) is 8.83. The lowest BCUT2D eigenvalue weighted by atomic mass is 10.1. The number of aryl methyl sites for hydroxylation is 1. The first-order valence-electron chi connectivity index (χ1n) is 6.70. The number of hydrogen-bond donors (Lipinski definition) is 0. The van der Waals surface area contributed by atoms with Gasteiger partial charge < -0.3 is 0 Å². The number of rotatable bonds is 5. The standard InChI is InChI=1S/C16H17NO/c18-16(13-8-9-13)7-3-5-14-11-10-12-4-1-2-6-15(12)17-14/h1-2,4,6,10-11,13H,3,5,7-9H2. The predicted molar refractivity (Wildman–Crippen MR) is 72.4 cm³/mol. The van der Waals surface area contributed by atoms with Crippen LogP contribution in [0.2, 0.25) is 0 Å². The van der Waals surface area contributed by atoms with E-state index in [2.05, 4.69) is 23.2 Å². The van der Waals surface area contributed by atoms with Gasteiger partial charge in [0.15, 0.2) is 0 Å². The summed E-state index contributed by atoms with van der Waals surface area (Å²) >= 11 is 0. The second-order valence-corrected chi connectivity index (χ2v) is 5.09. The molecule has 1 aliphatic carbocycles. The molecule has 3 rings (SSSR count). The topological polar surface area (TPSA) is 30.0 Å². The van der Waals surface area contributed by atoms with Crippen molar-refractivity contribution in [2.24, 2.45) is 5.92 Å². The molecule has 0 amide bonds. The Hall–Kier alpha value is -1.70. The van der Waals surface area contributed by atoms with Gasteiger partial charge in [0.05, 0.1) is 5.52 Å². The first kappa shape index (κ1) is 11.4. The van der Waals surface area contributed by atoms with E-state index >= 15 is 0 Å². The van der Waals surface area contributed by atoms with Crippen molar-refractivity contribution in [1.82, 2.24) is 4.98 Å². The van der Waals surface area contributed by atoms with Crippen LogP contribution in [0.3, 0.4) is 0 Å². The van der Waals surface area contributed by atoms with Crippen molar-refractivity contribution < 1.29 is 4.79 Å². The van der Waals surface area contributed by atoms with Crippen LogP contribution in [0.5, 0.6) is 0 Å². The molecule has 1 aromatic heterocycles. The molecular weight excluding hydrogens is 222 g/mol. The summed E-state index contributed by atoms with van der Waals surface area (Å²) in [6, 6.07) is 12.3. The van der Waals surface area contributed by atoms with Gasteiger partial charge in [-0.15, -0.1) is 0 Å². The Kier molecular flexibility index (Phi) is 3.09. The fourth-order valence-corrected chi connectivity index (χ4v) is 2.30. The van der Waals surface area contributed by atoms with E-state index in [0.717, 1.165) is 43.3 Å². The van der Waals surface area contributed by atoms with E-state index < -0.39 is 0 Å². The van der Waals surface area contributed by atoms with E-state index in [1.54, 1.807) is 0 Å². The SMILES string of the molecule is O=C(CCCc1ccc2ccccc2n1)C1CC1. The minimum absolute atomic E-state index is 0.398. The number of benzene rings is 1. The zero-order valence-electron chi connectivity index (χ0n) is 10.4. The maximum absolute atomic E-state index is 11.6. The van der Waals surface area contributed by atoms with Crippen molar-refractivity contribution >= 4 is 16.7 Å². The van der Waals surface area contributed by atoms with Crippen molar-refractivity contribution in [2.45, 2.75) is 32.1 Å². The summed E-state index contributed by atoms with van der Waals surface area (Å²) in [5.74, 6) is 0.852. The molecule has 0 aliphatic heterocycles. The number of hydrogen-bond acceptors (Lipinski definition) is 2. The number of carbonyl (C=O) groups excluding carboxylic acids is 1. The zero-order valence-corrected chi connectivity index (χ0v) is 10.4. The maximum atomic E-state index is 11.6. The first-order valence-corrected chi connectivity index (χ1v) is 6.70. The van der Waals surface area contributed by atoms with Gasteiger partial charge in [-0.2, -0.15) is 0 Å². The third kappa shape index (κ3) is 2.58. The lowest BCUT2D eigenvalue weighted by molar-refractivity contribution is -0.120. The van der Waals surface area contributed by atoms with Crippen LogP contribution in [0.1, 0.15) is 31.4 Å². The van der Waals surface area contributed by atoms with E-state index in [9.17, 15) is 4.79 Å². The summed E-state index contributed by atoms with van der Waals surface area (Å²) in [5.41, 5.74) is 2.14.